The second-order valence-electron chi connectivity index (χ2n) is 3.68. The number of rotatable bonds is 3. The van der Waals surface area contributed by atoms with E-state index in [-0.39, 0.29) is 18.5 Å². The summed E-state index contributed by atoms with van der Waals surface area (Å²) >= 11 is 0. The smallest absolute Gasteiger partial charge is 0.123 e. The molecule has 1 aromatic heterocycles. The van der Waals surface area contributed by atoms with Gasteiger partial charge < -0.3 is 9.67 Å². The SMILES string of the molecule is C[C@H](c1ccc(F)cc1)n1cncc1CO. The molecule has 0 radical (unpaired) electrons. The summed E-state index contributed by atoms with van der Waals surface area (Å²) in [4.78, 5) is 3.99. The van der Waals surface area contributed by atoms with Gasteiger partial charge in [0.2, 0.25) is 0 Å². The molecule has 1 heterocycles. The Kier molecular flexibility index (Phi) is 3.01. The minimum atomic E-state index is -0.246. The van der Waals surface area contributed by atoms with E-state index >= 15 is 0 Å². The summed E-state index contributed by atoms with van der Waals surface area (Å²) in [7, 11) is 0. The molecule has 0 amide bonds. The fraction of sp³-hybridized carbons (Fsp3) is 0.250. The second-order valence-corrected chi connectivity index (χ2v) is 3.68. The van der Waals surface area contributed by atoms with Crippen LogP contribution in [0.1, 0.15) is 24.2 Å². The zero-order valence-electron chi connectivity index (χ0n) is 8.97. The standard InChI is InChI=1S/C12H13FN2O/c1-9(10-2-4-11(13)5-3-10)15-8-14-6-12(15)7-16/h2-6,8-9,16H,7H2,1H3/t9-/m1/s1. The molecule has 1 N–H and O–H groups in total. The average Bonchev–Trinajstić information content (AvgIpc) is 2.77. The topological polar surface area (TPSA) is 38.0 Å². The van der Waals surface area contributed by atoms with Crippen LogP contribution in [0, 0.1) is 5.82 Å². The molecule has 0 bridgehead atoms. The number of aliphatic hydroxyl groups excluding tert-OH is 1. The van der Waals surface area contributed by atoms with Crippen molar-refractivity contribution in [3.63, 3.8) is 0 Å². The summed E-state index contributed by atoms with van der Waals surface area (Å²) in [5, 5.41) is 9.13. The van der Waals surface area contributed by atoms with Gasteiger partial charge in [-0.15, -0.1) is 0 Å². The van der Waals surface area contributed by atoms with E-state index in [1.807, 2.05) is 11.5 Å². The molecule has 0 aliphatic heterocycles. The van der Waals surface area contributed by atoms with Gasteiger partial charge in [0.15, 0.2) is 0 Å². The number of halogens is 1. The van der Waals surface area contributed by atoms with Crippen LogP contribution < -0.4 is 0 Å². The molecule has 0 spiro atoms. The summed E-state index contributed by atoms with van der Waals surface area (Å²) in [6.45, 7) is 1.93. The van der Waals surface area contributed by atoms with Crippen molar-refractivity contribution in [2.24, 2.45) is 0 Å². The second kappa shape index (κ2) is 4.45. The first kappa shape index (κ1) is 10.8. The van der Waals surface area contributed by atoms with Crippen molar-refractivity contribution in [2.45, 2.75) is 19.6 Å². The normalized spacial score (nSPS) is 12.7. The highest BCUT2D eigenvalue weighted by atomic mass is 19.1. The number of aliphatic hydroxyl groups is 1. The van der Waals surface area contributed by atoms with E-state index in [1.54, 1.807) is 24.7 Å². The quantitative estimate of drug-likeness (QED) is 0.860. The largest absolute Gasteiger partial charge is 0.390 e. The molecule has 0 saturated heterocycles. The molecule has 0 unspecified atom stereocenters. The van der Waals surface area contributed by atoms with Gasteiger partial charge in [0, 0.05) is 0 Å². The number of hydrogen-bond acceptors (Lipinski definition) is 2. The summed E-state index contributed by atoms with van der Waals surface area (Å²) in [6, 6.07) is 6.37. The van der Waals surface area contributed by atoms with E-state index in [2.05, 4.69) is 4.98 Å². The van der Waals surface area contributed by atoms with Crippen molar-refractivity contribution in [2.75, 3.05) is 0 Å². The monoisotopic (exact) mass is 220 g/mol. The van der Waals surface area contributed by atoms with Crippen LogP contribution in [0.2, 0.25) is 0 Å². The molecule has 0 saturated carbocycles. The van der Waals surface area contributed by atoms with E-state index in [4.69, 9.17) is 5.11 Å². The van der Waals surface area contributed by atoms with Crippen molar-refractivity contribution in [1.29, 1.82) is 0 Å². The third kappa shape index (κ3) is 1.97. The Bertz CT molecular complexity index is 464. The molecule has 4 heteroatoms. The fourth-order valence-corrected chi connectivity index (χ4v) is 1.71. The first-order valence-corrected chi connectivity index (χ1v) is 5.09. The van der Waals surface area contributed by atoms with Gasteiger partial charge in [0.05, 0.1) is 30.9 Å². The van der Waals surface area contributed by atoms with Gasteiger partial charge in [-0.05, 0) is 24.6 Å². The molecule has 0 aliphatic carbocycles. The number of nitrogens with zero attached hydrogens (tertiary/aromatic N) is 2. The summed E-state index contributed by atoms with van der Waals surface area (Å²) in [6.07, 6.45) is 3.29. The fourth-order valence-electron chi connectivity index (χ4n) is 1.71. The minimum Gasteiger partial charge on any atom is -0.390 e. The number of aromatic nitrogens is 2. The van der Waals surface area contributed by atoms with Crippen LogP contribution in [0.25, 0.3) is 0 Å². The van der Waals surface area contributed by atoms with E-state index in [0.717, 1.165) is 11.3 Å². The van der Waals surface area contributed by atoms with Crippen molar-refractivity contribution in [1.82, 2.24) is 9.55 Å². The highest BCUT2D eigenvalue weighted by molar-refractivity contribution is 5.21. The molecular weight excluding hydrogens is 207 g/mol. The maximum atomic E-state index is 12.8. The first-order chi connectivity index (χ1) is 7.72. The lowest BCUT2D eigenvalue weighted by Crippen LogP contribution is -2.09. The van der Waals surface area contributed by atoms with Crippen molar-refractivity contribution in [3.05, 3.63) is 53.9 Å². The lowest BCUT2D eigenvalue weighted by Gasteiger charge is -2.16. The molecule has 16 heavy (non-hydrogen) atoms. The highest BCUT2D eigenvalue weighted by Gasteiger charge is 2.10. The van der Waals surface area contributed by atoms with E-state index in [0.29, 0.717) is 0 Å². The third-order valence-corrected chi connectivity index (χ3v) is 2.68. The molecule has 1 aromatic carbocycles. The van der Waals surface area contributed by atoms with Crippen LogP contribution in [0.3, 0.4) is 0 Å². The van der Waals surface area contributed by atoms with Crippen LogP contribution in [0.15, 0.2) is 36.8 Å². The van der Waals surface area contributed by atoms with E-state index in [1.165, 1.54) is 12.1 Å². The van der Waals surface area contributed by atoms with Crippen LogP contribution in [-0.4, -0.2) is 14.7 Å². The van der Waals surface area contributed by atoms with Crippen LogP contribution >= 0.6 is 0 Å². The number of benzene rings is 1. The molecule has 1 atom stereocenters. The van der Waals surface area contributed by atoms with Crippen molar-refractivity contribution >= 4 is 0 Å². The van der Waals surface area contributed by atoms with Gasteiger partial charge in [0.1, 0.15) is 5.82 Å². The maximum absolute atomic E-state index is 12.8. The van der Waals surface area contributed by atoms with Gasteiger partial charge in [0.25, 0.3) is 0 Å². The predicted octanol–water partition coefficient (Wildman–Crippen LogP) is 2.12. The Hall–Kier alpha value is -1.68. The summed E-state index contributed by atoms with van der Waals surface area (Å²) in [5.41, 5.74) is 1.73. The summed E-state index contributed by atoms with van der Waals surface area (Å²) in [5.74, 6) is -0.246. The third-order valence-electron chi connectivity index (χ3n) is 2.68. The van der Waals surface area contributed by atoms with Gasteiger partial charge in [-0.2, -0.15) is 0 Å². The van der Waals surface area contributed by atoms with Crippen LogP contribution in [0.5, 0.6) is 0 Å². The van der Waals surface area contributed by atoms with Gasteiger partial charge in [-0.1, -0.05) is 12.1 Å². The number of hydrogen-bond donors (Lipinski definition) is 1. The molecule has 84 valence electrons. The molecule has 3 nitrogen and oxygen atoms in total. The number of imidazole rings is 1. The Morgan fingerprint density at radius 1 is 1.38 bits per heavy atom. The van der Waals surface area contributed by atoms with E-state index < -0.39 is 0 Å². The van der Waals surface area contributed by atoms with Crippen molar-refractivity contribution < 1.29 is 9.50 Å². The van der Waals surface area contributed by atoms with Gasteiger partial charge in [-0.3, -0.25) is 0 Å². The molecule has 0 aliphatic rings. The molecular formula is C12H13FN2O. The van der Waals surface area contributed by atoms with Crippen LogP contribution in [0.4, 0.5) is 4.39 Å². The predicted molar refractivity (Wildman–Crippen MR) is 58.4 cm³/mol. The van der Waals surface area contributed by atoms with Gasteiger partial charge in [-0.25, -0.2) is 9.37 Å². The van der Waals surface area contributed by atoms with Crippen molar-refractivity contribution in [3.8, 4) is 0 Å². The Morgan fingerprint density at radius 3 is 2.69 bits per heavy atom. The molecule has 2 rings (SSSR count). The Morgan fingerprint density at radius 2 is 2.06 bits per heavy atom. The lowest BCUT2D eigenvalue weighted by atomic mass is 10.1. The highest BCUT2D eigenvalue weighted by Crippen LogP contribution is 2.19. The Labute approximate surface area is 93.2 Å². The van der Waals surface area contributed by atoms with Gasteiger partial charge >= 0.3 is 0 Å². The van der Waals surface area contributed by atoms with Crippen LogP contribution in [-0.2, 0) is 6.61 Å². The van der Waals surface area contributed by atoms with E-state index in [9.17, 15) is 4.39 Å². The average molecular weight is 220 g/mol. The summed E-state index contributed by atoms with van der Waals surface area (Å²) < 4.78 is 14.6. The minimum absolute atomic E-state index is 0.0326. The molecule has 2 aromatic rings. The lowest BCUT2D eigenvalue weighted by molar-refractivity contribution is 0.269. The Balaban J connectivity index is 2.31. The molecule has 0 fully saturated rings. The maximum Gasteiger partial charge on any atom is 0.123 e. The first-order valence-electron chi connectivity index (χ1n) is 5.09. The zero-order valence-corrected chi connectivity index (χ0v) is 8.97. The zero-order chi connectivity index (χ0) is 11.5.